The Kier molecular flexibility index (Phi) is 6.78. The lowest BCUT2D eigenvalue weighted by Crippen LogP contribution is -2.23. The number of halogens is 3. The Morgan fingerprint density at radius 2 is 1.88 bits per heavy atom. The summed E-state index contributed by atoms with van der Waals surface area (Å²) in [5.41, 5.74) is 4.07. The van der Waals surface area contributed by atoms with Gasteiger partial charge in [-0.3, -0.25) is 4.79 Å². The predicted molar refractivity (Wildman–Crippen MR) is 99.2 cm³/mol. The molecule has 128 valence electrons. The number of rotatable bonds is 3. The molecule has 1 amide bonds. The van der Waals surface area contributed by atoms with Crippen molar-refractivity contribution in [1.29, 1.82) is 0 Å². The molecule has 2 N–H and O–H groups in total. The average Bonchev–Trinajstić information content (AvgIpc) is 2.78. The second-order valence-corrected chi connectivity index (χ2v) is 6.51. The number of hydrogen-bond acceptors (Lipinski definition) is 2. The molecule has 0 saturated heterocycles. The van der Waals surface area contributed by atoms with Crippen LogP contribution in [-0.4, -0.2) is 19.0 Å². The van der Waals surface area contributed by atoms with E-state index in [2.05, 4.69) is 26.6 Å². The summed E-state index contributed by atoms with van der Waals surface area (Å²) in [6.07, 6.45) is 1.94. The third-order valence-electron chi connectivity index (χ3n) is 4.07. The van der Waals surface area contributed by atoms with Crippen LogP contribution in [0.3, 0.4) is 0 Å². The minimum atomic E-state index is -0.300. The fourth-order valence-corrected chi connectivity index (χ4v) is 3.25. The molecule has 3 nitrogen and oxygen atoms in total. The number of benzene rings is 2. The SMILES string of the molecule is Cl.O=C(NCc1ccc(F)cc1Br)c1ccc2c(c1)CCNCC2. The van der Waals surface area contributed by atoms with Crippen LogP contribution in [0.4, 0.5) is 4.39 Å². The molecule has 24 heavy (non-hydrogen) atoms. The van der Waals surface area contributed by atoms with E-state index in [9.17, 15) is 9.18 Å². The molecule has 6 heteroatoms. The van der Waals surface area contributed by atoms with E-state index in [-0.39, 0.29) is 24.1 Å². The van der Waals surface area contributed by atoms with Crippen LogP contribution in [0, 0.1) is 5.82 Å². The highest BCUT2D eigenvalue weighted by molar-refractivity contribution is 9.10. The number of fused-ring (bicyclic) bond motifs is 1. The van der Waals surface area contributed by atoms with Gasteiger partial charge in [-0.05, 0) is 66.9 Å². The molecule has 0 aromatic heterocycles. The molecule has 0 spiro atoms. The van der Waals surface area contributed by atoms with E-state index >= 15 is 0 Å². The maximum Gasteiger partial charge on any atom is 0.251 e. The first kappa shape index (κ1) is 18.9. The van der Waals surface area contributed by atoms with Crippen molar-refractivity contribution >= 4 is 34.2 Å². The summed E-state index contributed by atoms with van der Waals surface area (Å²) in [4.78, 5) is 12.4. The number of carbonyl (C=O) groups excluding carboxylic acids is 1. The second kappa shape index (κ2) is 8.60. The topological polar surface area (TPSA) is 41.1 Å². The van der Waals surface area contributed by atoms with E-state index in [1.807, 2.05) is 18.2 Å². The van der Waals surface area contributed by atoms with Crippen LogP contribution in [-0.2, 0) is 19.4 Å². The summed E-state index contributed by atoms with van der Waals surface area (Å²) in [6, 6.07) is 10.4. The van der Waals surface area contributed by atoms with Crippen molar-refractivity contribution < 1.29 is 9.18 Å². The third kappa shape index (κ3) is 4.56. The highest BCUT2D eigenvalue weighted by Gasteiger charge is 2.12. The molecule has 0 atom stereocenters. The monoisotopic (exact) mass is 412 g/mol. The predicted octanol–water partition coefficient (Wildman–Crippen LogP) is 3.63. The maximum absolute atomic E-state index is 13.1. The number of hydrogen-bond donors (Lipinski definition) is 2. The minimum absolute atomic E-state index is 0. The average molecular weight is 414 g/mol. The van der Waals surface area contributed by atoms with E-state index in [0.29, 0.717) is 16.6 Å². The molecule has 1 heterocycles. The molecule has 0 unspecified atom stereocenters. The van der Waals surface area contributed by atoms with Crippen LogP contribution < -0.4 is 10.6 Å². The molecule has 0 saturated carbocycles. The summed E-state index contributed by atoms with van der Waals surface area (Å²) < 4.78 is 13.7. The normalized spacial score (nSPS) is 13.4. The zero-order chi connectivity index (χ0) is 16.2. The van der Waals surface area contributed by atoms with Crippen molar-refractivity contribution in [3.8, 4) is 0 Å². The molecule has 3 rings (SSSR count). The van der Waals surface area contributed by atoms with Gasteiger partial charge in [0.15, 0.2) is 0 Å². The molecule has 0 fully saturated rings. The highest BCUT2D eigenvalue weighted by Crippen LogP contribution is 2.19. The molecule has 0 radical (unpaired) electrons. The fourth-order valence-electron chi connectivity index (χ4n) is 2.76. The Hall–Kier alpha value is -1.43. The van der Waals surface area contributed by atoms with Crippen LogP contribution >= 0.6 is 28.3 Å². The Bertz CT molecular complexity index is 739. The Labute approximate surface area is 155 Å². The number of nitrogens with one attached hydrogen (secondary N) is 2. The fraction of sp³-hybridized carbons (Fsp3) is 0.278. The van der Waals surface area contributed by atoms with Gasteiger partial charge in [-0.1, -0.05) is 28.1 Å². The van der Waals surface area contributed by atoms with E-state index in [1.54, 1.807) is 6.07 Å². The largest absolute Gasteiger partial charge is 0.348 e. The quantitative estimate of drug-likeness (QED) is 0.807. The van der Waals surface area contributed by atoms with E-state index in [4.69, 9.17) is 0 Å². The molecule has 2 aromatic rings. The van der Waals surface area contributed by atoms with Gasteiger partial charge < -0.3 is 10.6 Å². The van der Waals surface area contributed by atoms with Gasteiger partial charge in [0.25, 0.3) is 5.91 Å². The number of carbonyl (C=O) groups is 1. The molecule has 0 aliphatic carbocycles. The van der Waals surface area contributed by atoms with Crippen molar-refractivity contribution in [2.75, 3.05) is 13.1 Å². The van der Waals surface area contributed by atoms with E-state index < -0.39 is 0 Å². The van der Waals surface area contributed by atoms with Gasteiger partial charge in [0, 0.05) is 16.6 Å². The van der Waals surface area contributed by atoms with E-state index in [0.717, 1.165) is 31.5 Å². The zero-order valence-electron chi connectivity index (χ0n) is 13.1. The van der Waals surface area contributed by atoms with Gasteiger partial charge in [-0.2, -0.15) is 0 Å². The van der Waals surface area contributed by atoms with Crippen molar-refractivity contribution in [2.45, 2.75) is 19.4 Å². The van der Waals surface area contributed by atoms with Gasteiger partial charge in [0.2, 0.25) is 0 Å². The molecule has 1 aliphatic heterocycles. The lowest BCUT2D eigenvalue weighted by Gasteiger charge is -2.10. The molecular weight excluding hydrogens is 395 g/mol. The third-order valence-corrected chi connectivity index (χ3v) is 4.80. The molecule has 1 aliphatic rings. The Balaban J connectivity index is 0.00000208. The van der Waals surface area contributed by atoms with Crippen LogP contribution in [0.2, 0.25) is 0 Å². The Morgan fingerprint density at radius 3 is 2.62 bits per heavy atom. The van der Waals surface area contributed by atoms with Crippen LogP contribution in [0.25, 0.3) is 0 Å². The zero-order valence-corrected chi connectivity index (χ0v) is 15.5. The lowest BCUT2D eigenvalue weighted by molar-refractivity contribution is 0.0950. The van der Waals surface area contributed by atoms with Crippen LogP contribution in [0.1, 0.15) is 27.0 Å². The maximum atomic E-state index is 13.1. The van der Waals surface area contributed by atoms with E-state index in [1.165, 1.54) is 23.3 Å². The highest BCUT2D eigenvalue weighted by atomic mass is 79.9. The van der Waals surface area contributed by atoms with Crippen molar-refractivity contribution in [1.82, 2.24) is 10.6 Å². The first-order valence-electron chi connectivity index (χ1n) is 7.68. The van der Waals surface area contributed by atoms with Gasteiger partial charge in [0.05, 0.1) is 0 Å². The van der Waals surface area contributed by atoms with Crippen LogP contribution in [0.5, 0.6) is 0 Å². The van der Waals surface area contributed by atoms with Gasteiger partial charge in [-0.25, -0.2) is 4.39 Å². The summed E-state index contributed by atoms with van der Waals surface area (Å²) >= 11 is 3.31. The summed E-state index contributed by atoms with van der Waals surface area (Å²) in [5.74, 6) is -0.410. The molecule has 0 bridgehead atoms. The molecular formula is C18H19BrClFN2O. The summed E-state index contributed by atoms with van der Waals surface area (Å²) in [7, 11) is 0. The van der Waals surface area contributed by atoms with Crippen molar-refractivity contribution in [3.63, 3.8) is 0 Å². The van der Waals surface area contributed by atoms with Gasteiger partial charge in [-0.15, -0.1) is 12.4 Å². The van der Waals surface area contributed by atoms with Crippen molar-refractivity contribution in [3.05, 3.63) is 68.9 Å². The smallest absolute Gasteiger partial charge is 0.251 e. The summed E-state index contributed by atoms with van der Waals surface area (Å²) in [5, 5.41) is 6.25. The lowest BCUT2D eigenvalue weighted by atomic mass is 10.00. The minimum Gasteiger partial charge on any atom is -0.348 e. The Morgan fingerprint density at radius 1 is 1.12 bits per heavy atom. The second-order valence-electron chi connectivity index (χ2n) is 5.65. The van der Waals surface area contributed by atoms with Gasteiger partial charge >= 0.3 is 0 Å². The van der Waals surface area contributed by atoms with Gasteiger partial charge in [0.1, 0.15) is 5.82 Å². The summed E-state index contributed by atoms with van der Waals surface area (Å²) in [6.45, 7) is 2.29. The standard InChI is InChI=1S/C18H18BrFN2O.ClH/c19-17-10-16(20)4-3-15(17)11-22-18(23)14-2-1-12-5-7-21-8-6-13(12)9-14;/h1-4,9-10,21H,5-8,11H2,(H,22,23);1H. The number of amides is 1. The first-order chi connectivity index (χ1) is 11.1. The van der Waals surface area contributed by atoms with Crippen LogP contribution in [0.15, 0.2) is 40.9 Å². The molecule has 2 aromatic carbocycles. The van der Waals surface area contributed by atoms with Crippen molar-refractivity contribution in [2.24, 2.45) is 0 Å². The first-order valence-corrected chi connectivity index (χ1v) is 8.47.